The number of fused-ring (bicyclic) bond motifs is 1. The Labute approximate surface area is 198 Å². The summed E-state index contributed by atoms with van der Waals surface area (Å²) < 4.78 is 54.7. The van der Waals surface area contributed by atoms with Crippen molar-refractivity contribution in [2.45, 2.75) is 31.5 Å². The highest BCUT2D eigenvalue weighted by Gasteiger charge is 2.38. The van der Waals surface area contributed by atoms with Crippen LogP contribution >= 0.6 is 11.6 Å². The van der Waals surface area contributed by atoms with Crippen molar-refractivity contribution in [2.75, 3.05) is 30.4 Å². The predicted molar refractivity (Wildman–Crippen MR) is 118 cm³/mol. The van der Waals surface area contributed by atoms with E-state index in [-0.39, 0.29) is 35.9 Å². The molecule has 34 heavy (non-hydrogen) atoms. The van der Waals surface area contributed by atoms with Crippen molar-refractivity contribution in [1.29, 1.82) is 0 Å². The molecule has 0 aliphatic carbocycles. The molecule has 1 saturated heterocycles. The number of nitrogens with one attached hydrogen (secondary N) is 2. The van der Waals surface area contributed by atoms with Gasteiger partial charge in [-0.25, -0.2) is 13.2 Å². The lowest BCUT2D eigenvalue weighted by Crippen LogP contribution is -2.46. The Hall–Kier alpha value is -2.80. The normalized spacial score (nSPS) is 17.1. The zero-order valence-corrected chi connectivity index (χ0v) is 19.6. The second-order valence-corrected chi connectivity index (χ2v) is 10.4. The van der Waals surface area contributed by atoms with Crippen LogP contribution in [0.1, 0.15) is 18.4 Å². The van der Waals surface area contributed by atoms with Crippen LogP contribution in [0.5, 0.6) is 0 Å². The van der Waals surface area contributed by atoms with Crippen LogP contribution in [-0.2, 0) is 30.6 Å². The predicted octanol–water partition coefficient (Wildman–Crippen LogP) is 1.98. The van der Waals surface area contributed by atoms with Crippen LogP contribution in [0.15, 0.2) is 30.0 Å². The molecule has 1 fully saturated rings. The molecule has 0 bridgehead atoms. The summed E-state index contributed by atoms with van der Waals surface area (Å²) in [5, 5.41) is 13.4. The Balaban J connectivity index is 0.000000509. The number of carbonyl (C=O) groups is 3. The van der Waals surface area contributed by atoms with E-state index >= 15 is 0 Å². The van der Waals surface area contributed by atoms with Crippen LogP contribution in [0.3, 0.4) is 0 Å². The first-order valence-electron chi connectivity index (χ1n) is 9.98. The molecule has 0 atom stereocenters. The minimum absolute atomic E-state index is 0.0994. The van der Waals surface area contributed by atoms with E-state index in [1.165, 1.54) is 4.90 Å². The summed E-state index contributed by atoms with van der Waals surface area (Å²) in [6.45, 7) is -0.127. The van der Waals surface area contributed by atoms with E-state index < -0.39 is 22.0 Å². The third kappa shape index (κ3) is 7.90. The average Bonchev–Trinajstić information content (AvgIpc) is 2.76. The first-order chi connectivity index (χ1) is 15.7. The quantitative estimate of drug-likeness (QED) is 0.547. The van der Waals surface area contributed by atoms with E-state index in [9.17, 15) is 31.2 Å². The third-order valence-electron chi connectivity index (χ3n) is 5.25. The molecule has 9 nitrogen and oxygen atoms in total. The number of hydrogen-bond donors (Lipinski definition) is 3. The maximum absolute atomic E-state index is 12.4. The summed E-state index contributed by atoms with van der Waals surface area (Å²) in [4.78, 5) is 35.2. The minimum atomic E-state index is -5.08. The average molecular weight is 526 g/mol. The van der Waals surface area contributed by atoms with E-state index in [0.29, 0.717) is 29.9 Å². The minimum Gasteiger partial charge on any atom is -0.475 e. The molecule has 2 aliphatic heterocycles. The van der Waals surface area contributed by atoms with Crippen molar-refractivity contribution in [2.24, 2.45) is 0 Å². The number of carbonyl (C=O) groups excluding carboxylic acids is 2. The van der Waals surface area contributed by atoms with Crippen molar-refractivity contribution < 1.29 is 41.1 Å². The van der Waals surface area contributed by atoms with Crippen molar-refractivity contribution in [3.05, 3.63) is 40.6 Å². The first-order valence-corrected chi connectivity index (χ1v) is 12.2. The second kappa shape index (κ2) is 11.1. The summed E-state index contributed by atoms with van der Waals surface area (Å²) >= 11 is 6.00. The lowest BCUT2D eigenvalue weighted by atomic mass is 10.0. The molecule has 2 aliphatic rings. The molecule has 1 aromatic carbocycles. The fourth-order valence-electron chi connectivity index (χ4n) is 3.28. The molecule has 0 saturated carbocycles. The van der Waals surface area contributed by atoms with Crippen molar-refractivity contribution >= 4 is 44.9 Å². The van der Waals surface area contributed by atoms with Gasteiger partial charge in [0, 0.05) is 42.0 Å². The number of hydrogen-bond acceptors (Lipinski definition) is 6. The highest BCUT2D eigenvalue weighted by atomic mass is 35.5. The highest BCUT2D eigenvalue weighted by molar-refractivity contribution is 7.91. The van der Waals surface area contributed by atoms with Gasteiger partial charge in [0.1, 0.15) is 9.84 Å². The van der Waals surface area contributed by atoms with Gasteiger partial charge < -0.3 is 20.6 Å². The first kappa shape index (κ1) is 27.4. The molecule has 2 amide bonds. The number of alkyl halides is 3. The zero-order chi connectivity index (χ0) is 25.7. The number of halogens is 4. The van der Waals surface area contributed by atoms with Gasteiger partial charge in [-0.1, -0.05) is 11.6 Å². The Morgan fingerprint density at radius 1 is 1.24 bits per heavy atom. The topological polar surface area (TPSA) is 133 Å². The van der Waals surface area contributed by atoms with Gasteiger partial charge in [-0.05, 0) is 36.6 Å². The largest absolute Gasteiger partial charge is 0.490 e. The number of nitrogens with zero attached hydrogens (tertiary/aromatic N) is 1. The molecule has 14 heteroatoms. The van der Waals surface area contributed by atoms with E-state index in [1.54, 1.807) is 25.4 Å². The molecule has 3 rings (SSSR count). The number of amides is 2. The Morgan fingerprint density at radius 2 is 1.82 bits per heavy atom. The van der Waals surface area contributed by atoms with Gasteiger partial charge in [0.25, 0.3) is 0 Å². The Bertz CT molecular complexity index is 1080. The van der Waals surface area contributed by atoms with Crippen LogP contribution < -0.4 is 10.6 Å². The molecule has 0 spiro atoms. The van der Waals surface area contributed by atoms with Crippen molar-refractivity contribution in [3.63, 3.8) is 0 Å². The molecule has 0 unspecified atom stereocenters. The monoisotopic (exact) mass is 525 g/mol. The fraction of sp³-hybridized carbons (Fsp3) is 0.450. The van der Waals surface area contributed by atoms with Crippen LogP contribution in [0.2, 0.25) is 5.02 Å². The van der Waals surface area contributed by atoms with Gasteiger partial charge in [0.05, 0.1) is 18.1 Å². The van der Waals surface area contributed by atoms with Crippen molar-refractivity contribution in [3.8, 4) is 0 Å². The SMILES string of the molecule is CN(C(=O)CNC(=O)C1=CNc2ccc(Cl)cc2C1)C1CCS(=O)(=O)CC1.O=C(O)C(F)(F)F. The molecule has 2 heterocycles. The van der Waals surface area contributed by atoms with Gasteiger partial charge in [-0.2, -0.15) is 13.2 Å². The number of carboxylic acids is 1. The van der Waals surface area contributed by atoms with E-state index in [1.807, 2.05) is 6.07 Å². The molecule has 1 aromatic rings. The Morgan fingerprint density at radius 3 is 2.38 bits per heavy atom. The number of rotatable bonds is 4. The molecule has 188 valence electrons. The molecule has 3 N–H and O–H groups in total. The maximum atomic E-state index is 12.4. The van der Waals surface area contributed by atoms with E-state index in [0.717, 1.165) is 11.3 Å². The number of benzene rings is 1. The second-order valence-electron chi connectivity index (χ2n) is 7.67. The third-order valence-corrected chi connectivity index (χ3v) is 7.20. The van der Waals surface area contributed by atoms with Gasteiger partial charge in [0.15, 0.2) is 0 Å². The van der Waals surface area contributed by atoms with Crippen LogP contribution in [0.25, 0.3) is 0 Å². The van der Waals surface area contributed by atoms with Gasteiger partial charge in [-0.3, -0.25) is 9.59 Å². The maximum Gasteiger partial charge on any atom is 0.490 e. The highest BCUT2D eigenvalue weighted by Crippen LogP contribution is 2.27. The van der Waals surface area contributed by atoms with E-state index in [4.69, 9.17) is 21.5 Å². The van der Waals surface area contributed by atoms with Crippen LogP contribution in [-0.4, -0.2) is 73.5 Å². The lowest BCUT2D eigenvalue weighted by molar-refractivity contribution is -0.192. The number of anilines is 1. The number of aliphatic carboxylic acids is 1. The fourth-order valence-corrected chi connectivity index (χ4v) is 4.94. The molecular weight excluding hydrogens is 503 g/mol. The van der Waals surface area contributed by atoms with Gasteiger partial charge >= 0.3 is 12.1 Å². The number of likely N-dealkylation sites (N-methyl/N-ethyl adjacent to an activating group) is 1. The smallest absolute Gasteiger partial charge is 0.475 e. The summed E-state index contributed by atoms with van der Waals surface area (Å²) in [6.07, 6.45) is -2.15. The summed E-state index contributed by atoms with van der Waals surface area (Å²) in [5.41, 5.74) is 2.34. The summed E-state index contributed by atoms with van der Waals surface area (Å²) in [5.74, 6) is -3.11. The Kier molecular flexibility index (Phi) is 8.95. The lowest BCUT2D eigenvalue weighted by Gasteiger charge is -2.31. The van der Waals surface area contributed by atoms with Gasteiger partial charge in [0.2, 0.25) is 11.8 Å². The molecule has 0 aromatic heterocycles. The number of sulfone groups is 1. The zero-order valence-electron chi connectivity index (χ0n) is 18.0. The van der Waals surface area contributed by atoms with Crippen LogP contribution in [0, 0.1) is 0 Å². The van der Waals surface area contributed by atoms with E-state index in [2.05, 4.69) is 10.6 Å². The standard InChI is InChI=1S/C18H22ClN3O4S.C2HF3O2/c1-22(15-4-6-27(25,26)7-5-15)17(23)11-21-18(24)13-8-12-9-14(19)2-3-16(12)20-10-13;3-2(4,5)1(6)7/h2-3,9-10,15,20H,4-8,11H2,1H3,(H,21,24);(H,6,7). The van der Waals surface area contributed by atoms with Crippen molar-refractivity contribution in [1.82, 2.24) is 10.2 Å². The molecular formula is C20H23ClF3N3O6S. The summed E-state index contributed by atoms with van der Waals surface area (Å²) in [7, 11) is -1.32. The number of carboxylic acid groups (broad SMARTS) is 1. The van der Waals surface area contributed by atoms with Crippen LogP contribution in [0.4, 0.5) is 18.9 Å². The summed E-state index contributed by atoms with van der Waals surface area (Å²) in [6, 6.07) is 5.32. The molecule has 0 radical (unpaired) electrons. The van der Waals surface area contributed by atoms with Gasteiger partial charge in [-0.15, -0.1) is 0 Å².